The maximum atomic E-state index is 12.9. The molecule has 0 bridgehead atoms. The minimum absolute atomic E-state index is 0.0311. The van der Waals surface area contributed by atoms with Crippen LogP contribution in [0.15, 0.2) is 24.5 Å². The van der Waals surface area contributed by atoms with Gasteiger partial charge in [0.05, 0.1) is 0 Å². The fourth-order valence-corrected chi connectivity index (χ4v) is 4.07. The van der Waals surface area contributed by atoms with E-state index in [9.17, 15) is 4.79 Å². The van der Waals surface area contributed by atoms with Gasteiger partial charge in [-0.05, 0) is 67.6 Å². The molecule has 0 unspecified atom stereocenters. The maximum Gasteiger partial charge on any atom is 0.272 e. The molecule has 0 spiro atoms. The van der Waals surface area contributed by atoms with Crippen molar-refractivity contribution in [2.75, 3.05) is 13.1 Å². The molecule has 0 aliphatic carbocycles. The van der Waals surface area contributed by atoms with Crippen molar-refractivity contribution in [3.8, 4) is 0 Å². The summed E-state index contributed by atoms with van der Waals surface area (Å²) in [6.07, 6.45) is 4.57. The van der Waals surface area contributed by atoms with Gasteiger partial charge >= 0.3 is 0 Å². The van der Waals surface area contributed by atoms with Crippen LogP contribution >= 0.6 is 11.6 Å². The number of amides is 1. The van der Waals surface area contributed by atoms with Crippen LogP contribution in [0, 0.1) is 6.92 Å². The van der Waals surface area contributed by atoms with E-state index in [4.69, 9.17) is 11.6 Å². The first-order chi connectivity index (χ1) is 12.1. The smallest absolute Gasteiger partial charge is 0.272 e. The fourth-order valence-electron chi connectivity index (χ4n) is 3.83. The van der Waals surface area contributed by atoms with Crippen LogP contribution in [0.5, 0.6) is 0 Å². The number of aromatic nitrogens is 2. The molecule has 0 saturated carbocycles. The van der Waals surface area contributed by atoms with Crippen molar-refractivity contribution in [3.63, 3.8) is 0 Å². The second-order valence-electron chi connectivity index (χ2n) is 6.80. The molecule has 2 aromatic rings. The number of carbonyl (C=O) groups excluding carboxylic acids is 1. The molecule has 1 aromatic carbocycles. The second-order valence-corrected chi connectivity index (χ2v) is 7.24. The lowest BCUT2D eigenvalue weighted by atomic mass is 9.90. The molecule has 25 heavy (non-hydrogen) atoms. The van der Waals surface area contributed by atoms with Crippen molar-refractivity contribution in [2.45, 2.75) is 38.8 Å². The first-order valence-corrected chi connectivity index (χ1v) is 9.12. The van der Waals surface area contributed by atoms with E-state index in [-0.39, 0.29) is 5.91 Å². The minimum atomic E-state index is -0.0311. The molecule has 2 aliphatic rings. The van der Waals surface area contributed by atoms with Crippen LogP contribution in [-0.2, 0) is 13.0 Å². The minimum Gasteiger partial charge on any atom is -0.333 e. The van der Waals surface area contributed by atoms with Gasteiger partial charge in [0.15, 0.2) is 0 Å². The predicted octanol–water partition coefficient (Wildman–Crippen LogP) is 3.06. The van der Waals surface area contributed by atoms with Crippen molar-refractivity contribution in [1.82, 2.24) is 20.2 Å². The van der Waals surface area contributed by atoms with E-state index in [2.05, 4.69) is 21.4 Å². The van der Waals surface area contributed by atoms with Crippen molar-refractivity contribution < 1.29 is 4.79 Å². The lowest BCUT2D eigenvalue weighted by Crippen LogP contribution is -2.37. The van der Waals surface area contributed by atoms with Crippen LogP contribution < -0.4 is 5.32 Å². The highest BCUT2D eigenvalue weighted by atomic mass is 35.5. The summed E-state index contributed by atoms with van der Waals surface area (Å²) in [5.41, 5.74) is 5.02. The summed E-state index contributed by atoms with van der Waals surface area (Å²) < 4.78 is 0. The molecule has 2 aliphatic heterocycles. The zero-order chi connectivity index (χ0) is 17.4. The maximum absolute atomic E-state index is 12.9. The van der Waals surface area contributed by atoms with Crippen LogP contribution in [0.4, 0.5) is 0 Å². The topological polar surface area (TPSA) is 58.1 Å². The molecule has 5 nitrogen and oxygen atoms in total. The molecular formula is C19H21ClN4O. The summed E-state index contributed by atoms with van der Waals surface area (Å²) in [5.74, 6) is -0.0311. The van der Waals surface area contributed by atoms with Gasteiger partial charge < -0.3 is 10.2 Å². The molecule has 1 saturated heterocycles. The summed E-state index contributed by atoms with van der Waals surface area (Å²) in [5, 5.41) is 4.34. The van der Waals surface area contributed by atoms with Crippen LogP contribution in [0.1, 0.15) is 51.8 Å². The quantitative estimate of drug-likeness (QED) is 0.898. The number of rotatable bonds is 2. The fraction of sp³-hybridized carbons (Fsp3) is 0.421. The van der Waals surface area contributed by atoms with Crippen LogP contribution in [-0.4, -0.2) is 33.9 Å². The molecular weight excluding hydrogens is 336 g/mol. The number of benzene rings is 1. The highest BCUT2D eigenvalue weighted by Crippen LogP contribution is 2.34. The number of fused-ring (bicyclic) bond motifs is 1. The van der Waals surface area contributed by atoms with Gasteiger partial charge in [-0.15, -0.1) is 0 Å². The number of nitrogens with zero attached hydrogens (tertiary/aromatic N) is 3. The summed E-state index contributed by atoms with van der Waals surface area (Å²) in [4.78, 5) is 23.0. The van der Waals surface area contributed by atoms with Gasteiger partial charge in [0.2, 0.25) is 0 Å². The number of halogens is 1. The van der Waals surface area contributed by atoms with Crippen molar-refractivity contribution in [1.29, 1.82) is 0 Å². The molecule has 1 amide bonds. The third-order valence-corrected chi connectivity index (χ3v) is 5.31. The Bertz CT molecular complexity index is 817. The van der Waals surface area contributed by atoms with E-state index < -0.39 is 0 Å². The van der Waals surface area contributed by atoms with Gasteiger partial charge in [-0.2, -0.15) is 0 Å². The lowest BCUT2D eigenvalue weighted by molar-refractivity contribution is 0.0727. The van der Waals surface area contributed by atoms with E-state index in [0.717, 1.165) is 30.1 Å². The van der Waals surface area contributed by atoms with E-state index in [1.807, 2.05) is 17.9 Å². The number of carbonyl (C=O) groups is 1. The first kappa shape index (κ1) is 16.5. The lowest BCUT2D eigenvalue weighted by Gasteiger charge is -2.31. The standard InChI is InChI=1S/C19H21ClN4O/c1-12-7-18(23-11-22-12)19(25)24-6-4-13-8-14(20)9-15(16(13)10-24)17-3-2-5-21-17/h7-9,11,17,21H,2-6,10H2,1H3/t17-/m0/s1. The van der Waals surface area contributed by atoms with E-state index >= 15 is 0 Å². The molecule has 4 rings (SSSR count). The largest absolute Gasteiger partial charge is 0.333 e. The first-order valence-electron chi connectivity index (χ1n) is 8.74. The molecule has 130 valence electrons. The molecule has 3 heterocycles. The summed E-state index contributed by atoms with van der Waals surface area (Å²) in [6.45, 7) is 4.21. The zero-order valence-electron chi connectivity index (χ0n) is 14.3. The van der Waals surface area contributed by atoms with Gasteiger partial charge in [-0.3, -0.25) is 4.79 Å². The Morgan fingerprint density at radius 1 is 1.32 bits per heavy atom. The number of nitrogens with one attached hydrogen (secondary N) is 1. The Morgan fingerprint density at radius 3 is 2.96 bits per heavy atom. The molecule has 1 N–H and O–H groups in total. The van der Waals surface area contributed by atoms with Crippen molar-refractivity contribution >= 4 is 17.5 Å². The second kappa shape index (κ2) is 6.73. The van der Waals surface area contributed by atoms with Crippen LogP contribution in [0.25, 0.3) is 0 Å². The Labute approximate surface area is 152 Å². The van der Waals surface area contributed by atoms with E-state index in [0.29, 0.717) is 24.8 Å². The average Bonchev–Trinajstić information content (AvgIpc) is 3.14. The predicted molar refractivity (Wildman–Crippen MR) is 96.6 cm³/mol. The molecule has 6 heteroatoms. The molecule has 1 fully saturated rings. The van der Waals surface area contributed by atoms with Gasteiger partial charge in [-0.1, -0.05) is 11.6 Å². The third kappa shape index (κ3) is 3.26. The monoisotopic (exact) mass is 356 g/mol. The van der Waals surface area contributed by atoms with Gasteiger partial charge in [0.25, 0.3) is 5.91 Å². The zero-order valence-corrected chi connectivity index (χ0v) is 15.0. The molecule has 1 aromatic heterocycles. The van der Waals surface area contributed by atoms with Crippen molar-refractivity contribution in [2.24, 2.45) is 0 Å². The van der Waals surface area contributed by atoms with Gasteiger partial charge in [0.1, 0.15) is 12.0 Å². The highest BCUT2D eigenvalue weighted by molar-refractivity contribution is 6.30. The number of hydrogen-bond acceptors (Lipinski definition) is 4. The third-order valence-electron chi connectivity index (χ3n) is 5.09. The SMILES string of the molecule is Cc1cc(C(=O)N2CCc3cc(Cl)cc([C@@H]4CCCN4)c3C2)ncn1. The Balaban J connectivity index is 1.65. The normalized spacial score (nSPS) is 19.8. The number of aryl methyl sites for hydroxylation is 1. The van der Waals surface area contributed by atoms with Crippen molar-refractivity contribution in [3.05, 3.63) is 57.6 Å². The Hall–Kier alpha value is -1.98. The highest BCUT2D eigenvalue weighted by Gasteiger charge is 2.28. The summed E-state index contributed by atoms with van der Waals surface area (Å²) in [7, 11) is 0. The Morgan fingerprint density at radius 2 is 2.20 bits per heavy atom. The van der Waals surface area contributed by atoms with E-state index in [1.54, 1.807) is 6.07 Å². The molecule has 1 atom stereocenters. The van der Waals surface area contributed by atoms with Gasteiger partial charge in [0, 0.05) is 29.8 Å². The van der Waals surface area contributed by atoms with Gasteiger partial charge in [-0.25, -0.2) is 9.97 Å². The number of hydrogen-bond donors (Lipinski definition) is 1. The molecule has 0 radical (unpaired) electrons. The Kier molecular flexibility index (Phi) is 4.44. The van der Waals surface area contributed by atoms with E-state index in [1.165, 1.54) is 29.4 Å². The summed E-state index contributed by atoms with van der Waals surface area (Å²) in [6, 6.07) is 6.20. The summed E-state index contributed by atoms with van der Waals surface area (Å²) >= 11 is 6.35. The van der Waals surface area contributed by atoms with Crippen LogP contribution in [0.3, 0.4) is 0 Å². The average molecular weight is 357 g/mol. The van der Waals surface area contributed by atoms with Crippen LogP contribution in [0.2, 0.25) is 5.02 Å².